The number of rotatable bonds is 3. The molecule has 4 aromatic rings. The van der Waals surface area contributed by atoms with Crippen LogP contribution in [0.1, 0.15) is 11.4 Å². The molecule has 0 fully saturated rings. The molecular formula is C19H15ClN4O3. The Balaban J connectivity index is 1.85. The van der Waals surface area contributed by atoms with Crippen LogP contribution in [-0.4, -0.2) is 33.1 Å². The average molecular weight is 383 g/mol. The van der Waals surface area contributed by atoms with Crippen LogP contribution in [0.15, 0.2) is 46.3 Å². The molecule has 0 aliphatic carbocycles. The van der Waals surface area contributed by atoms with Gasteiger partial charge in [0.2, 0.25) is 0 Å². The molecule has 0 saturated carbocycles. The van der Waals surface area contributed by atoms with E-state index in [-0.39, 0.29) is 11.3 Å². The third-order valence-corrected chi connectivity index (χ3v) is 4.48. The number of nitrogens with one attached hydrogen (secondary N) is 1. The van der Waals surface area contributed by atoms with Crippen LogP contribution in [0.25, 0.3) is 21.9 Å². The van der Waals surface area contributed by atoms with Crippen LogP contribution in [0.4, 0.5) is 0 Å². The molecule has 0 saturated heterocycles. The second-order valence-electron chi connectivity index (χ2n) is 5.99. The molecule has 0 aliphatic heterocycles. The Morgan fingerprint density at radius 2 is 2.11 bits per heavy atom. The van der Waals surface area contributed by atoms with Crippen LogP contribution >= 0.6 is 11.6 Å². The number of phenols is 1. The van der Waals surface area contributed by atoms with Crippen molar-refractivity contribution < 1.29 is 9.84 Å². The van der Waals surface area contributed by atoms with Gasteiger partial charge in [0.15, 0.2) is 11.5 Å². The molecule has 2 aromatic heterocycles. The summed E-state index contributed by atoms with van der Waals surface area (Å²) in [6.45, 7) is 1.71. The predicted molar refractivity (Wildman–Crippen MR) is 105 cm³/mol. The Morgan fingerprint density at radius 1 is 1.30 bits per heavy atom. The van der Waals surface area contributed by atoms with E-state index in [1.54, 1.807) is 31.2 Å². The summed E-state index contributed by atoms with van der Waals surface area (Å²) >= 11 is 6.06. The maximum Gasteiger partial charge on any atom is 0.298 e. The summed E-state index contributed by atoms with van der Waals surface area (Å²) in [5, 5.41) is 15.3. The lowest BCUT2D eigenvalue weighted by Gasteiger charge is -2.05. The molecule has 0 amide bonds. The number of nitrogens with zero attached hydrogens (tertiary/aromatic N) is 3. The van der Waals surface area contributed by atoms with Gasteiger partial charge >= 0.3 is 0 Å². The number of fused-ring (bicyclic) bond motifs is 3. The fourth-order valence-corrected chi connectivity index (χ4v) is 3.09. The summed E-state index contributed by atoms with van der Waals surface area (Å²) in [5.41, 5.74) is 2.06. The lowest BCUT2D eigenvalue weighted by molar-refractivity contribution is 0.373. The molecule has 0 spiro atoms. The summed E-state index contributed by atoms with van der Waals surface area (Å²) in [6, 6.07) is 10.1. The van der Waals surface area contributed by atoms with E-state index in [4.69, 9.17) is 16.3 Å². The van der Waals surface area contributed by atoms with Gasteiger partial charge in [0.25, 0.3) is 5.56 Å². The molecule has 136 valence electrons. The van der Waals surface area contributed by atoms with Crippen molar-refractivity contribution in [3.05, 3.63) is 63.2 Å². The maximum absolute atomic E-state index is 12.9. The zero-order valence-corrected chi connectivity index (χ0v) is 15.3. The third-order valence-electron chi connectivity index (χ3n) is 4.25. The molecule has 2 N–H and O–H groups in total. The van der Waals surface area contributed by atoms with Crippen molar-refractivity contribution >= 4 is 39.8 Å². The van der Waals surface area contributed by atoms with Gasteiger partial charge in [0.05, 0.1) is 13.3 Å². The first kappa shape index (κ1) is 17.1. The molecule has 0 unspecified atom stereocenters. The number of hydrogen-bond donors (Lipinski definition) is 2. The summed E-state index contributed by atoms with van der Waals surface area (Å²) in [5.74, 6) is 0.794. The number of aromatic amines is 1. The normalized spacial score (nSPS) is 11.7. The number of H-pyrrole nitrogens is 1. The van der Waals surface area contributed by atoms with E-state index in [0.29, 0.717) is 33.2 Å². The molecular weight excluding hydrogens is 368 g/mol. The minimum Gasteiger partial charge on any atom is -0.504 e. The van der Waals surface area contributed by atoms with E-state index >= 15 is 0 Å². The molecule has 7 nitrogen and oxygen atoms in total. The van der Waals surface area contributed by atoms with Crippen molar-refractivity contribution in [1.29, 1.82) is 0 Å². The second-order valence-corrected chi connectivity index (χ2v) is 6.43. The van der Waals surface area contributed by atoms with Gasteiger partial charge in [0, 0.05) is 15.9 Å². The van der Waals surface area contributed by atoms with Gasteiger partial charge < -0.3 is 14.8 Å². The topological polar surface area (TPSA) is 92.5 Å². The minimum atomic E-state index is -0.313. The van der Waals surface area contributed by atoms with E-state index in [0.717, 1.165) is 10.9 Å². The number of aromatic hydroxyl groups is 1. The quantitative estimate of drug-likeness (QED) is 0.531. The monoisotopic (exact) mass is 382 g/mol. The molecule has 0 atom stereocenters. The zero-order chi connectivity index (χ0) is 19.1. The van der Waals surface area contributed by atoms with Gasteiger partial charge in [-0.2, -0.15) is 9.78 Å². The van der Waals surface area contributed by atoms with Gasteiger partial charge in [-0.1, -0.05) is 11.6 Å². The smallest absolute Gasteiger partial charge is 0.298 e. The van der Waals surface area contributed by atoms with Crippen molar-refractivity contribution in [3.8, 4) is 11.5 Å². The average Bonchev–Trinajstić information content (AvgIpc) is 3.01. The van der Waals surface area contributed by atoms with Crippen molar-refractivity contribution in [1.82, 2.24) is 14.6 Å². The van der Waals surface area contributed by atoms with E-state index in [9.17, 15) is 9.90 Å². The molecule has 0 bridgehead atoms. The molecule has 0 aliphatic rings. The Bertz CT molecular complexity index is 1270. The van der Waals surface area contributed by atoms with Gasteiger partial charge in [-0.3, -0.25) is 4.79 Å². The standard InChI is InChI=1S/C19H15ClN4O3/c1-10-22-17-13-8-12(20)4-5-14(13)23-18(17)19(26)24(10)21-9-11-3-6-15(25)16(7-11)27-2/h3-9,23,25H,1-2H3/b21-9+. The first-order valence-corrected chi connectivity index (χ1v) is 8.47. The minimum absolute atomic E-state index is 0.0304. The Hall–Kier alpha value is -3.32. The van der Waals surface area contributed by atoms with Gasteiger partial charge in [0.1, 0.15) is 16.9 Å². The zero-order valence-electron chi connectivity index (χ0n) is 14.5. The Kier molecular flexibility index (Phi) is 4.08. The fourth-order valence-electron chi connectivity index (χ4n) is 2.92. The lowest BCUT2D eigenvalue weighted by atomic mass is 10.2. The Morgan fingerprint density at radius 3 is 2.89 bits per heavy atom. The summed E-state index contributed by atoms with van der Waals surface area (Å²) < 4.78 is 6.30. The molecule has 2 heterocycles. The van der Waals surface area contributed by atoms with Crippen molar-refractivity contribution in [2.24, 2.45) is 5.10 Å². The molecule has 8 heteroatoms. The number of phenolic OH excluding ortho intramolecular Hbond substituents is 1. The lowest BCUT2D eigenvalue weighted by Crippen LogP contribution is -2.20. The number of halogens is 1. The summed E-state index contributed by atoms with van der Waals surface area (Å²) in [7, 11) is 1.46. The largest absolute Gasteiger partial charge is 0.504 e. The molecule has 27 heavy (non-hydrogen) atoms. The second kappa shape index (κ2) is 6.44. The number of aromatic nitrogens is 3. The number of methoxy groups -OCH3 is 1. The summed E-state index contributed by atoms with van der Waals surface area (Å²) in [6.07, 6.45) is 1.50. The maximum atomic E-state index is 12.9. The van der Waals surface area contributed by atoms with Gasteiger partial charge in [-0.25, -0.2) is 4.98 Å². The highest BCUT2D eigenvalue weighted by atomic mass is 35.5. The molecule has 0 radical (unpaired) electrons. The number of hydrogen-bond acceptors (Lipinski definition) is 5. The van der Waals surface area contributed by atoms with E-state index in [1.165, 1.54) is 24.1 Å². The predicted octanol–water partition coefficient (Wildman–Crippen LogP) is 3.44. The van der Waals surface area contributed by atoms with E-state index in [2.05, 4.69) is 15.1 Å². The summed E-state index contributed by atoms with van der Waals surface area (Å²) in [4.78, 5) is 20.5. The highest BCUT2D eigenvalue weighted by Crippen LogP contribution is 2.26. The van der Waals surface area contributed by atoms with Crippen molar-refractivity contribution in [2.75, 3.05) is 7.11 Å². The molecule has 2 aromatic carbocycles. The Labute approximate surface area is 158 Å². The third kappa shape index (κ3) is 2.92. The highest BCUT2D eigenvalue weighted by Gasteiger charge is 2.13. The van der Waals surface area contributed by atoms with Crippen LogP contribution in [0.5, 0.6) is 11.5 Å². The first-order valence-electron chi connectivity index (χ1n) is 8.10. The van der Waals surface area contributed by atoms with Crippen LogP contribution in [0.2, 0.25) is 5.02 Å². The van der Waals surface area contributed by atoms with E-state index in [1.807, 2.05) is 6.07 Å². The number of aryl methyl sites for hydroxylation is 1. The van der Waals surface area contributed by atoms with Crippen molar-refractivity contribution in [2.45, 2.75) is 6.92 Å². The van der Waals surface area contributed by atoms with Crippen LogP contribution in [0.3, 0.4) is 0 Å². The number of ether oxygens (including phenoxy) is 1. The van der Waals surface area contributed by atoms with E-state index < -0.39 is 0 Å². The van der Waals surface area contributed by atoms with Gasteiger partial charge in [-0.05, 0) is 48.9 Å². The van der Waals surface area contributed by atoms with Gasteiger partial charge in [-0.15, -0.1) is 0 Å². The van der Waals surface area contributed by atoms with Crippen LogP contribution in [-0.2, 0) is 0 Å². The van der Waals surface area contributed by atoms with Crippen LogP contribution in [0, 0.1) is 6.92 Å². The SMILES string of the molecule is COc1cc(/C=N/n2c(C)nc3c([nH]c4ccc(Cl)cc43)c2=O)ccc1O. The highest BCUT2D eigenvalue weighted by molar-refractivity contribution is 6.31. The van der Waals surface area contributed by atoms with Crippen molar-refractivity contribution in [3.63, 3.8) is 0 Å². The number of benzene rings is 2. The van der Waals surface area contributed by atoms with Crippen LogP contribution < -0.4 is 10.3 Å². The first-order chi connectivity index (χ1) is 13.0. The fraction of sp³-hybridized carbons (Fsp3) is 0.105. The molecule has 4 rings (SSSR count).